The van der Waals surface area contributed by atoms with Gasteiger partial charge in [0.05, 0.1) is 11.3 Å². The first-order valence-electron chi connectivity index (χ1n) is 5.04. The van der Waals surface area contributed by atoms with Crippen molar-refractivity contribution in [1.29, 1.82) is 0 Å². The lowest BCUT2D eigenvalue weighted by molar-refractivity contribution is 0.0945. The predicted octanol–water partition coefficient (Wildman–Crippen LogP) is 1.69. The highest BCUT2D eigenvalue weighted by Gasteiger charge is 2.34. The summed E-state index contributed by atoms with van der Waals surface area (Å²) >= 11 is 0. The van der Waals surface area contributed by atoms with E-state index in [1.54, 1.807) is 0 Å². The van der Waals surface area contributed by atoms with E-state index >= 15 is 0 Å². The summed E-state index contributed by atoms with van der Waals surface area (Å²) in [5.74, 6) is -1.80. The number of nitrogens with one attached hydrogen (secondary N) is 1. The maximum Gasteiger partial charge on any atom is 0.254 e. The van der Waals surface area contributed by atoms with Crippen molar-refractivity contribution in [3.63, 3.8) is 0 Å². The normalized spacial score (nSPS) is 22.9. The molecular formula is C11H12F2N2O. The van der Waals surface area contributed by atoms with Gasteiger partial charge in [-0.1, -0.05) is 6.92 Å². The van der Waals surface area contributed by atoms with E-state index in [0.717, 1.165) is 18.6 Å². The molecule has 0 heterocycles. The van der Waals surface area contributed by atoms with Gasteiger partial charge in [-0.2, -0.15) is 0 Å². The molecule has 0 aromatic heterocycles. The molecule has 1 saturated carbocycles. The van der Waals surface area contributed by atoms with Crippen LogP contribution in [-0.4, -0.2) is 11.9 Å². The molecule has 0 radical (unpaired) electrons. The van der Waals surface area contributed by atoms with Gasteiger partial charge in [-0.3, -0.25) is 4.79 Å². The van der Waals surface area contributed by atoms with E-state index in [0.29, 0.717) is 5.92 Å². The highest BCUT2D eigenvalue weighted by molar-refractivity contribution is 5.95. The van der Waals surface area contributed by atoms with E-state index in [-0.39, 0.29) is 17.3 Å². The molecule has 2 unspecified atom stereocenters. The van der Waals surface area contributed by atoms with Crippen molar-refractivity contribution in [2.45, 2.75) is 19.4 Å². The summed E-state index contributed by atoms with van der Waals surface area (Å²) in [5, 5.41) is 2.61. The molecule has 0 spiro atoms. The van der Waals surface area contributed by atoms with E-state index in [1.807, 2.05) is 6.92 Å². The number of carbonyl (C=O) groups is 1. The Labute approximate surface area is 91.6 Å². The lowest BCUT2D eigenvalue weighted by atomic mass is 10.1. The van der Waals surface area contributed by atoms with E-state index in [2.05, 4.69) is 5.32 Å². The van der Waals surface area contributed by atoms with Crippen LogP contribution in [0.25, 0.3) is 0 Å². The lowest BCUT2D eigenvalue weighted by Gasteiger charge is -2.06. The second-order valence-electron chi connectivity index (χ2n) is 4.15. The fraction of sp³-hybridized carbons (Fsp3) is 0.364. The summed E-state index contributed by atoms with van der Waals surface area (Å²) in [5.41, 5.74) is 4.55. The van der Waals surface area contributed by atoms with Crippen LogP contribution in [-0.2, 0) is 0 Å². The minimum Gasteiger partial charge on any atom is -0.396 e. The van der Waals surface area contributed by atoms with Gasteiger partial charge in [-0.15, -0.1) is 0 Å². The number of amides is 1. The van der Waals surface area contributed by atoms with Gasteiger partial charge in [0.2, 0.25) is 0 Å². The number of nitrogens with two attached hydrogens (primary N) is 1. The number of hydrogen-bond donors (Lipinski definition) is 2. The zero-order chi connectivity index (χ0) is 11.9. The van der Waals surface area contributed by atoms with Crippen LogP contribution in [0.5, 0.6) is 0 Å². The second-order valence-corrected chi connectivity index (χ2v) is 4.15. The Kier molecular flexibility index (Phi) is 2.53. The molecule has 16 heavy (non-hydrogen) atoms. The Bertz CT molecular complexity index is 448. The number of anilines is 1. The van der Waals surface area contributed by atoms with Crippen LogP contribution in [0.3, 0.4) is 0 Å². The summed E-state index contributed by atoms with van der Waals surface area (Å²) in [6, 6.07) is 1.77. The summed E-state index contributed by atoms with van der Waals surface area (Å²) in [6.07, 6.45) is 0.873. The highest BCUT2D eigenvalue weighted by Crippen LogP contribution is 2.29. The molecule has 86 valence electrons. The molecular weight excluding hydrogens is 214 g/mol. The largest absolute Gasteiger partial charge is 0.396 e. The third-order valence-electron chi connectivity index (χ3n) is 2.74. The fourth-order valence-corrected chi connectivity index (χ4v) is 1.54. The molecule has 0 aliphatic heterocycles. The highest BCUT2D eigenvalue weighted by atomic mass is 19.1. The third kappa shape index (κ3) is 1.98. The van der Waals surface area contributed by atoms with Crippen molar-refractivity contribution in [3.05, 3.63) is 29.3 Å². The average Bonchev–Trinajstić information content (AvgIpc) is 2.87. The van der Waals surface area contributed by atoms with E-state index in [4.69, 9.17) is 5.73 Å². The zero-order valence-electron chi connectivity index (χ0n) is 8.76. The molecule has 2 rings (SSSR count). The monoisotopic (exact) mass is 226 g/mol. The summed E-state index contributed by atoms with van der Waals surface area (Å²) in [4.78, 5) is 11.6. The minimum atomic E-state index is -0.868. The van der Waals surface area contributed by atoms with Gasteiger partial charge < -0.3 is 11.1 Å². The van der Waals surface area contributed by atoms with Crippen molar-refractivity contribution < 1.29 is 13.6 Å². The van der Waals surface area contributed by atoms with E-state index < -0.39 is 17.5 Å². The van der Waals surface area contributed by atoms with Crippen LogP contribution in [0, 0.1) is 17.6 Å². The van der Waals surface area contributed by atoms with Gasteiger partial charge in [-0.25, -0.2) is 8.78 Å². The summed E-state index contributed by atoms with van der Waals surface area (Å²) in [6.45, 7) is 1.97. The number of benzene rings is 1. The molecule has 1 aromatic rings. The van der Waals surface area contributed by atoms with Crippen molar-refractivity contribution >= 4 is 11.6 Å². The standard InChI is InChI=1S/C11H12F2N2O/c1-5-2-9(5)15-11(16)7-3-6(12)4-8(14)10(7)13/h3-5,9H,2,14H2,1H3,(H,15,16). The maximum atomic E-state index is 13.4. The first kappa shape index (κ1) is 10.9. The predicted molar refractivity (Wildman–Crippen MR) is 55.8 cm³/mol. The van der Waals surface area contributed by atoms with Gasteiger partial charge in [0.25, 0.3) is 5.91 Å². The SMILES string of the molecule is CC1CC1NC(=O)c1cc(F)cc(N)c1F. The van der Waals surface area contributed by atoms with Crippen LogP contribution in [0.15, 0.2) is 12.1 Å². The topological polar surface area (TPSA) is 55.1 Å². The quantitative estimate of drug-likeness (QED) is 0.754. The van der Waals surface area contributed by atoms with E-state index in [1.165, 1.54) is 0 Å². The maximum absolute atomic E-state index is 13.4. The minimum absolute atomic E-state index is 0.0661. The second kappa shape index (κ2) is 3.73. The number of carbonyl (C=O) groups excluding carboxylic acids is 1. The molecule has 0 bridgehead atoms. The number of halogens is 2. The Hall–Kier alpha value is -1.65. The Morgan fingerprint density at radius 2 is 2.12 bits per heavy atom. The Morgan fingerprint density at radius 3 is 2.69 bits per heavy atom. The summed E-state index contributed by atoms with van der Waals surface area (Å²) in [7, 11) is 0. The Balaban J connectivity index is 2.22. The molecule has 1 aromatic carbocycles. The molecule has 1 fully saturated rings. The van der Waals surface area contributed by atoms with Crippen molar-refractivity contribution in [1.82, 2.24) is 5.32 Å². The van der Waals surface area contributed by atoms with Gasteiger partial charge in [0.1, 0.15) is 5.82 Å². The number of nitrogen functional groups attached to an aromatic ring is 1. The number of rotatable bonds is 2. The fourth-order valence-electron chi connectivity index (χ4n) is 1.54. The van der Waals surface area contributed by atoms with Gasteiger partial charge in [0.15, 0.2) is 5.82 Å². The van der Waals surface area contributed by atoms with Crippen LogP contribution >= 0.6 is 0 Å². The molecule has 0 saturated heterocycles. The van der Waals surface area contributed by atoms with Crippen LogP contribution < -0.4 is 11.1 Å². The number of hydrogen-bond acceptors (Lipinski definition) is 2. The summed E-state index contributed by atoms with van der Waals surface area (Å²) < 4.78 is 26.4. The van der Waals surface area contributed by atoms with Crippen LogP contribution in [0.4, 0.5) is 14.5 Å². The molecule has 1 aliphatic carbocycles. The van der Waals surface area contributed by atoms with Crippen molar-refractivity contribution in [2.24, 2.45) is 5.92 Å². The molecule has 1 amide bonds. The Morgan fingerprint density at radius 1 is 1.50 bits per heavy atom. The molecule has 2 atom stereocenters. The van der Waals surface area contributed by atoms with E-state index in [9.17, 15) is 13.6 Å². The molecule has 5 heteroatoms. The first-order chi connectivity index (χ1) is 7.49. The van der Waals surface area contributed by atoms with Crippen molar-refractivity contribution in [2.75, 3.05) is 5.73 Å². The smallest absolute Gasteiger partial charge is 0.254 e. The third-order valence-corrected chi connectivity index (χ3v) is 2.74. The molecule has 1 aliphatic rings. The first-order valence-corrected chi connectivity index (χ1v) is 5.04. The molecule has 3 N–H and O–H groups in total. The van der Waals surface area contributed by atoms with Gasteiger partial charge in [0, 0.05) is 6.04 Å². The zero-order valence-corrected chi connectivity index (χ0v) is 8.76. The average molecular weight is 226 g/mol. The van der Waals surface area contributed by atoms with Crippen molar-refractivity contribution in [3.8, 4) is 0 Å². The van der Waals surface area contributed by atoms with Gasteiger partial charge in [-0.05, 0) is 24.5 Å². The molecule has 3 nitrogen and oxygen atoms in total. The van der Waals surface area contributed by atoms with Crippen LogP contribution in [0.2, 0.25) is 0 Å². The van der Waals surface area contributed by atoms with Crippen LogP contribution in [0.1, 0.15) is 23.7 Å². The van der Waals surface area contributed by atoms with Gasteiger partial charge >= 0.3 is 0 Å². The lowest BCUT2D eigenvalue weighted by Crippen LogP contribution is -2.27.